The molecule has 0 aliphatic carbocycles. The maximum Gasteiger partial charge on any atom is 0.328 e. The second-order valence-corrected chi connectivity index (χ2v) is 6.14. The Morgan fingerprint density at radius 2 is 2.17 bits per heavy atom. The molecule has 0 saturated carbocycles. The van der Waals surface area contributed by atoms with Crippen molar-refractivity contribution in [2.45, 2.75) is 39.2 Å². The summed E-state index contributed by atoms with van der Waals surface area (Å²) < 4.78 is 6.19. The van der Waals surface area contributed by atoms with E-state index in [0.717, 1.165) is 34.4 Å². The van der Waals surface area contributed by atoms with Crippen molar-refractivity contribution in [1.82, 2.24) is 19.6 Å². The van der Waals surface area contributed by atoms with E-state index in [-0.39, 0.29) is 23.9 Å². The Hall–Kier alpha value is -2.64. The van der Waals surface area contributed by atoms with Gasteiger partial charge in [0.05, 0.1) is 18.2 Å². The van der Waals surface area contributed by atoms with Crippen molar-refractivity contribution in [2.75, 3.05) is 6.54 Å². The summed E-state index contributed by atoms with van der Waals surface area (Å²) in [6, 6.07) is -0.0737. The molecule has 3 heterocycles. The van der Waals surface area contributed by atoms with Gasteiger partial charge >= 0.3 is 5.69 Å². The van der Waals surface area contributed by atoms with Crippen LogP contribution in [0, 0.1) is 13.8 Å². The average molecular weight is 332 g/mol. The highest BCUT2D eigenvalue weighted by Crippen LogP contribution is 2.35. The molecule has 8 heteroatoms. The van der Waals surface area contributed by atoms with Crippen LogP contribution in [0.3, 0.4) is 0 Å². The number of aromatic nitrogens is 3. The quantitative estimate of drug-likeness (QED) is 0.886. The minimum absolute atomic E-state index is 0.0384. The molecule has 0 aromatic carbocycles. The highest BCUT2D eigenvalue weighted by molar-refractivity contribution is 5.79. The lowest BCUT2D eigenvalue weighted by molar-refractivity contribution is -0.131. The number of aryl methyl sites for hydroxylation is 2. The molecule has 1 unspecified atom stereocenters. The zero-order valence-corrected chi connectivity index (χ0v) is 14.0. The second kappa shape index (κ2) is 6.10. The van der Waals surface area contributed by atoms with E-state index in [0.29, 0.717) is 6.54 Å². The summed E-state index contributed by atoms with van der Waals surface area (Å²) in [5, 5.41) is 3.97. The summed E-state index contributed by atoms with van der Waals surface area (Å²) in [7, 11) is 1.39. The van der Waals surface area contributed by atoms with Gasteiger partial charge in [0.1, 0.15) is 5.76 Å². The predicted octanol–water partition coefficient (Wildman–Crippen LogP) is 0.585. The number of nitrogens with zero attached hydrogens (tertiary/aromatic N) is 3. The van der Waals surface area contributed by atoms with Gasteiger partial charge in [0, 0.05) is 30.9 Å². The number of carbonyl (C=O) groups excluding carboxylic acids is 1. The number of hydrogen-bond acceptors (Lipinski definition) is 5. The largest absolute Gasteiger partial charge is 0.361 e. The van der Waals surface area contributed by atoms with Gasteiger partial charge in [-0.3, -0.25) is 14.2 Å². The first-order valence-electron chi connectivity index (χ1n) is 7.90. The fourth-order valence-electron chi connectivity index (χ4n) is 3.34. The van der Waals surface area contributed by atoms with Crippen LogP contribution in [0.4, 0.5) is 0 Å². The summed E-state index contributed by atoms with van der Waals surface area (Å²) in [5.41, 5.74) is 1.09. The van der Waals surface area contributed by atoms with Crippen molar-refractivity contribution < 1.29 is 9.32 Å². The van der Waals surface area contributed by atoms with Crippen molar-refractivity contribution >= 4 is 5.91 Å². The van der Waals surface area contributed by atoms with E-state index in [1.807, 2.05) is 13.8 Å². The molecule has 128 valence electrons. The van der Waals surface area contributed by atoms with Crippen LogP contribution in [0.2, 0.25) is 0 Å². The monoisotopic (exact) mass is 332 g/mol. The predicted molar refractivity (Wildman–Crippen MR) is 85.7 cm³/mol. The van der Waals surface area contributed by atoms with Gasteiger partial charge in [0.2, 0.25) is 5.91 Å². The second-order valence-electron chi connectivity index (χ2n) is 6.14. The summed E-state index contributed by atoms with van der Waals surface area (Å²) in [6.45, 7) is 4.34. The summed E-state index contributed by atoms with van der Waals surface area (Å²) >= 11 is 0. The number of likely N-dealkylation sites (tertiary alicyclic amines) is 1. The number of carbonyl (C=O) groups is 1. The Balaban J connectivity index is 1.86. The number of H-pyrrole nitrogens is 1. The first kappa shape index (κ1) is 16.2. The summed E-state index contributed by atoms with van der Waals surface area (Å²) in [5.74, 6) is 0.582. The van der Waals surface area contributed by atoms with Gasteiger partial charge < -0.3 is 14.4 Å². The fraction of sp³-hybridized carbons (Fsp3) is 0.500. The molecular formula is C16H20N4O4. The van der Waals surface area contributed by atoms with Crippen molar-refractivity contribution in [3.05, 3.63) is 49.6 Å². The van der Waals surface area contributed by atoms with Crippen LogP contribution in [0.1, 0.15) is 41.5 Å². The van der Waals surface area contributed by atoms with Gasteiger partial charge in [-0.05, 0) is 26.7 Å². The molecule has 0 spiro atoms. The van der Waals surface area contributed by atoms with Crippen LogP contribution in [-0.4, -0.2) is 32.1 Å². The van der Waals surface area contributed by atoms with E-state index in [9.17, 15) is 14.4 Å². The van der Waals surface area contributed by atoms with Crippen LogP contribution in [0.5, 0.6) is 0 Å². The standard InChI is InChI=1S/C16H20N4O4/c1-9-14(10(2)24-18-9)12-5-4-6-20(12)13(21)7-11-8-17-16(23)19(3)15(11)22/h8,12H,4-7H2,1-3H3,(H,17,23). The number of amides is 1. The topological polar surface area (TPSA) is 101 Å². The Morgan fingerprint density at radius 1 is 1.42 bits per heavy atom. The lowest BCUT2D eigenvalue weighted by atomic mass is 10.0. The SMILES string of the molecule is Cc1noc(C)c1C1CCCN1C(=O)Cc1c[nH]c(=O)n(C)c1=O. The molecule has 2 aromatic heterocycles. The Morgan fingerprint density at radius 3 is 2.83 bits per heavy atom. The van der Waals surface area contributed by atoms with E-state index in [2.05, 4.69) is 10.1 Å². The van der Waals surface area contributed by atoms with E-state index >= 15 is 0 Å². The highest BCUT2D eigenvalue weighted by atomic mass is 16.5. The normalized spacial score (nSPS) is 17.5. The minimum Gasteiger partial charge on any atom is -0.361 e. The number of rotatable bonds is 3. The third-order valence-electron chi connectivity index (χ3n) is 4.59. The zero-order chi connectivity index (χ0) is 17.4. The Labute approximate surface area is 138 Å². The molecule has 24 heavy (non-hydrogen) atoms. The van der Waals surface area contributed by atoms with Crippen LogP contribution >= 0.6 is 0 Å². The molecule has 0 radical (unpaired) electrons. The molecule has 1 saturated heterocycles. The van der Waals surface area contributed by atoms with Crippen LogP contribution in [0.25, 0.3) is 0 Å². The Bertz CT molecular complexity index is 873. The highest BCUT2D eigenvalue weighted by Gasteiger charge is 2.33. The van der Waals surface area contributed by atoms with E-state index in [4.69, 9.17) is 4.52 Å². The maximum absolute atomic E-state index is 12.7. The van der Waals surface area contributed by atoms with E-state index in [1.54, 1.807) is 4.90 Å². The van der Waals surface area contributed by atoms with Crippen molar-refractivity contribution in [2.24, 2.45) is 7.05 Å². The van der Waals surface area contributed by atoms with Gasteiger partial charge in [0.15, 0.2) is 0 Å². The number of nitrogens with one attached hydrogen (secondary N) is 1. The third-order valence-corrected chi connectivity index (χ3v) is 4.59. The van der Waals surface area contributed by atoms with E-state index in [1.165, 1.54) is 13.2 Å². The molecule has 1 atom stereocenters. The molecule has 1 amide bonds. The van der Waals surface area contributed by atoms with Crippen molar-refractivity contribution in [3.63, 3.8) is 0 Å². The smallest absolute Gasteiger partial charge is 0.328 e. The fourth-order valence-corrected chi connectivity index (χ4v) is 3.34. The maximum atomic E-state index is 12.7. The molecule has 1 fully saturated rings. The number of hydrogen-bond donors (Lipinski definition) is 1. The van der Waals surface area contributed by atoms with Gasteiger partial charge in [-0.15, -0.1) is 0 Å². The van der Waals surface area contributed by atoms with Crippen molar-refractivity contribution in [1.29, 1.82) is 0 Å². The molecule has 1 aliphatic rings. The number of aromatic amines is 1. The molecular weight excluding hydrogens is 312 g/mol. The lowest BCUT2D eigenvalue weighted by Gasteiger charge is -2.24. The van der Waals surface area contributed by atoms with E-state index < -0.39 is 11.2 Å². The van der Waals surface area contributed by atoms with Crippen LogP contribution in [-0.2, 0) is 18.3 Å². The molecule has 3 rings (SSSR count). The minimum atomic E-state index is -0.494. The average Bonchev–Trinajstić information content (AvgIpc) is 3.14. The van der Waals surface area contributed by atoms with Crippen molar-refractivity contribution in [3.8, 4) is 0 Å². The first-order valence-corrected chi connectivity index (χ1v) is 7.90. The van der Waals surface area contributed by atoms with Gasteiger partial charge in [-0.2, -0.15) is 0 Å². The summed E-state index contributed by atoms with van der Waals surface area (Å²) in [6.07, 6.45) is 3.02. The Kier molecular flexibility index (Phi) is 4.13. The molecule has 8 nitrogen and oxygen atoms in total. The first-order chi connectivity index (χ1) is 11.4. The molecule has 1 aliphatic heterocycles. The molecule has 2 aromatic rings. The zero-order valence-electron chi connectivity index (χ0n) is 14.0. The lowest BCUT2D eigenvalue weighted by Crippen LogP contribution is -2.38. The van der Waals surface area contributed by atoms with Gasteiger partial charge in [-0.1, -0.05) is 5.16 Å². The van der Waals surface area contributed by atoms with Crippen LogP contribution < -0.4 is 11.2 Å². The molecule has 1 N–H and O–H groups in total. The summed E-state index contributed by atoms with van der Waals surface area (Å²) in [4.78, 5) is 40.5. The van der Waals surface area contributed by atoms with Gasteiger partial charge in [-0.25, -0.2) is 4.79 Å². The molecule has 0 bridgehead atoms. The van der Waals surface area contributed by atoms with Crippen LogP contribution in [0.15, 0.2) is 20.3 Å². The van der Waals surface area contributed by atoms with Gasteiger partial charge in [0.25, 0.3) is 5.56 Å². The third kappa shape index (κ3) is 2.68.